The summed E-state index contributed by atoms with van der Waals surface area (Å²) in [5, 5.41) is 0.284. The summed E-state index contributed by atoms with van der Waals surface area (Å²) in [7, 11) is 0. The Kier molecular flexibility index (Phi) is 4.02. The van der Waals surface area contributed by atoms with Crippen molar-refractivity contribution in [1.82, 2.24) is 19.3 Å². The molecule has 0 unspecified atom stereocenters. The number of benzene rings is 2. The molecule has 9 heteroatoms. The maximum atomic E-state index is 15.1. The van der Waals surface area contributed by atoms with E-state index in [0.29, 0.717) is 28.0 Å². The van der Waals surface area contributed by atoms with Gasteiger partial charge >= 0.3 is 0 Å². The van der Waals surface area contributed by atoms with E-state index >= 15 is 4.39 Å². The molecule has 2 aromatic heterocycles. The third-order valence-electron chi connectivity index (χ3n) is 6.86. The van der Waals surface area contributed by atoms with E-state index in [4.69, 9.17) is 17.3 Å². The van der Waals surface area contributed by atoms with Crippen LogP contribution in [0.25, 0.3) is 16.6 Å². The second-order valence-corrected chi connectivity index (χ2v) is 9.23. The fourth-order valence-corrected chi connectivity index (χ4v) is 5.20. The predicted molar refractivity (Wildman–Crippen MR) is 116 cm³/mol. The number of hydrogen-bond acceptors (Lipinski definition) is 4. The third-order valence-corrected chi connectivity index (χ3v) is 7.10. The summed E-state index contributed by atoms with van der Waals surface area (Å²) in [6.45, 7) is 0.0481. The monoisotopic (exact) mass is 453 g/mol. The smallest absolute Gasteiger partial charge is 0.257 e. The zero-order valence-electron chi connectivity index (χ0n) is 16.9. The summed E-state index contributed by atoms with van der Waals surface area (Å²) >= 11 is 5.88. The average molecular weight is 454 g/mol. The number of anilines is 1. The van der Waals surface area contributed by atoms with E-state index in [9.17, 15) is 9.18 Å². The number of fused-ring (bicyclic) bond motifs is 3. The first-order chi connectivity index (χ1) is 15.3. The number of halogens is 3. The standard InChI is InChI=1S/C23H18ClF2N5O/c24-14-2-1-13(16(25)3-14)10-31(23-6-12(7-23)8-23)22(32)15-4-19-18(5-17(15)26)29-21(27)20-9-28-11-30(19)20/h1-5,9,11-12H,6-8,10H2,(H2,27,29). The van der Waals surface area contributed by atoms with Crippen LogP contribution in [0.5, 0.6) is 0 Å². The molecule has 0 saturated heterocycles. The number of rotatable bonds is 4. The Bertz CT molecular complexity index is 1420. The van der Waals surface area contributed by atoms with Crippen molar-refractivity contribution in [2.45, 2.75) is 31.3 Å². The molecule has 2 bridgehead atoms. The van der Waals surface area contributed by atoms with Crippen LogP contribution < -0.4 is 5.73 Å². The van der Waals surface area contributed by atoms with Gasteiger partial charge in [-0.2, -0.15) is 0 Å². The number of nitrogen functional groups attached to an aromatic ring is 1. The number of nitrogens with two attached hydrogens (primary N) is 1. The molecule has 3 aliphatic carbocycles. The molecule has 2 aromatic carbocycles. The highest BCUT2D eigenvalue weighted by Gasteiger charge is 2.61. The zero-order chi connectivity index (χ0) is 22.2. The molecule has 2 N–H and O–H groups in total. The highest BCUT2D eigenvalue weighted by molar-refractivity contribution is 6.30. The SMILES string of the molecule is Nc1nc2cc(F)c(C(=O)N(Cc3ccc(Cl)cc3F)C34CC(C3)C4)cc2n2cncc12. The Morgan fingerprint density at radius 2 is 1.97 bits per heavy atom. The molecular weight excluding hydrogens is 436 g/mol. The van der Waals surface area contributed by atoms with Crippen molar-refractivity contribution < 1.29 is 13.6 Å². The first kappa shape index (κ1) is 19.4. The summed E-state index contributed by atoms with van der Waals surface area (Å²) in [6, 6.07) is 7.07. The Labute approximate surface area is 186 Å². The normalized spacial score (nSPS) is 21.4. The molecule has 0 radical (unpaired) electrons. The van der Waals surface area contributed by atoms with Crippen LogP contribution in [0.15, 0.2) is 42.9 Å². The van der Waals surface area contributed by atoms with Crippen LogP contribution in [0.3, 0.4) is 0 Å². The second-order valence-electron chi connectivity index (χ2n) is 8.80. The molecule has 4 aromatic rings. The molecule has 7 rings (SSSR count). The van der Waals surface area contributed by atoms with Crippen LogP contribution in [0.1, 0.15) is 35.2 Å². The Hall–Kier alpha value is -3.26. The summed E-state index contributed by atoms with van der Waals surface area (Å²) < 4.78 is 31.4. The van der Waals surface area contributed by atoms with Gasteiger partial charge in [-0.1, -0.05) is 17.7 Å². The molecule has 162 valence electrons. The minimum atomic E-state index is -0.693. The first-order valence-corrected chi connectivity index (χ1v) is 10.7. The lowest BCUT2D eigenvalue weighted by Crippen LogP contribution is -2.69. The van der Waals surface area contributed by atoms with E-state index in [1.54, 1.807) is 34.0 Å². The molecule has 0 spiro atoms. The van der Waals surface area contributed by atoms with Crippen LogP contribution in [0.2, 0.25) is 5.02 Å². The lowest BCUT2D eigenvalue weighted by atomic mass is 9.49. The van der Waals surface area contributed by atoms with E-state index in [-0.39, 0.29) is 28.5 Å². The summed E-state index contributed by atoms with van der Waals surface area (Å²) in [6.07, 6.45) is 5.67. The van der Waals surface area contributed by atoms with Crippen molar-refractivity contribution >= 4 is 39.9 Å². The molecule has 3 aliphatic rings. The number of amides is 1. The molecule has 3 fully saturated rings. The van der Waals surface area contributed by atoms with Gasteiger partial charge in [-0.05, 0) is 43.4 Å². The van der Waals surface area contributed by atoms with Crippen molar-refractivity contribution in [3.8, 4) is 0 Å². The molecule has 32 heavy (non-hydrogen) atoms. The summed E-state index contributed by atoms with van der Waals surface area (Å²) in [5.41, 5.74) is 7.27. The van der Waals surface area contributed by atoms with Crippen LogP contribution >= 0.6 is 11.6 Å². The van der Waals surface area contributed by atoms with Gasteiger partial charge in [0.15, 0.2) is 0 Å². The third kappa shape index (κ3) is 2.72. The van der Waals surface area contributed by atoms with Crippen molar-refractivity contribution in [3.05, 3.63) is 70.6 Å². The van der Waals surface area contributed by atoms with Gasteiger partial charge in [-0.15, -0.1) is 0 Å². The van der Waals surface area contributed by atoms with Crippen LogP contribution in [-0.2, 0) is 6.54 Å². The van der Waals surface area contributed by atoms with Gasteiger partial charge < -0.3 is 10.6 Å². The summed E-state index contributed by atoms with van der Waals surface area (Å²) in [5.74, 6) is -0.841. The lowest BCUT2D eigenvalue weighted by Gasteiger charge is -2.66. The molecule has 6 nitrogen and oxygen atoms in total. The maximum Gasteiger partial charge on any atom is 0.257 e. The number of aromatic nitrogens is 3. The zero-order valence-corrected chi connectivity index (χ0v) is 17.6. The van der Waals surface area contributed by atoms with E-state index in [1.807, 2.05) is 0 Å². The van der Waals surface area contributed by atoms with Crippen molar-refractivity contribution in [2.24, 2.45) is 5.92 Å². The first-order valence-electron chi connectivity index (χ1n) is 10.3. The van der Waals surface area contributed by atoms with Gasteiger partial charge in [0.25, 0.3) is 5.91 Å². The lowest BCUT2D eigenvalue weighted by molar-refractivity contribution is -0.127. The minimum absolute atomic E-state index is 0.0481. The van der Waals surface area contributed by atoms with Gasteiger partial charge in [0, 0.05) is 28.7 Å². The molecule has 2 heterocycles. The minimum Gasteiger partial charge on any atom is -0.382 e. The van der Waals surface area contributed by atoms with Crippen molar-refractivity contribution in [2.75, 3.05) is 5.73 Å². The van der Waals surface area contributed by atoms with Crippen LogP contribution in [-0.4, -0.2) is 30.7 Å². The highest BCUT2D eigenvalue weighted by atomic mass is 35.5. The van der Waals surface area contributed by atoms with E-state index in [2.05, 4.69) is 9.97 Å². The number of nitrogens with zero attached hydrogens (tertiary/aromatic N) is 4. The van der Waals surface area contributed by atoms with Crippen LogP contribution in [0, 0.1) is 17.6 Å². The number of hydrogen-bond donors (Lipinski definition) is 1. The Morgan fingerprint density at radius 1 is 1.19 bits per heavy atom. The predicted octanol–water partition coefficient (Wildman–Crippen LogP) is 4.59. The number of imidazole rings is 1. The van der Waals surface area contributed by atoms with E-state index in [1.165, 1.54) is 18.2 Å². The molecule has 0 atom stereocenters. The largest absolute Gasteiger partial charge is 0.382 e. The average Bonchev–Trinajstić information content (AvgIpc) is 3.17. The van der Waals surface area contributed by atoms with Gasteiger partial charge in [-0.3, -0.25) is 9.20 Å². The van der Waals surface area contributed by atoms with Crippen molar-refractivity contribution in [3.63, 3.8) is 0 Å². The topological polar surface area (TPSA) is 76.5 Å². The Balaban J connectivity index is 1.45. The summed E-state index contributed by atoms with van der Waals surface area (Å²) in [4.78, 5) is 23.6. The fourth-order valence-electron chi connectivity index (χ4n) is 5.05. The maximum absolute atomic E-state index is 15.1. The molecular formula is C23H18ClF2N5O. The number of carbonyl (C=O) groups is 1. The molecule has 3 saturated carbocycles. The van der Waals surface area contributed by atoms with Gasteiger partial charge in [0.2, 0.25) is 0 Å². The van der Waals surface area contributed by atoms with Gasteiger partial charge in [0.1, 0.15) is 23.0 Å². The van der Waals surface area contributed by atoms with Gasteiger partial charge in [-0.25, -0.2) is 18.7 Å². The fraction of sp³-hybridized carbons (Fsp3) is 0.261. The van der Waals surface area contributed by atoms with Crippen LogP contribution in [0.4, 0.5) is 14.6 Å². The Morgan fingerprint density at radius 3 is 2.66 bits per heavy atom. The highest BCUT2D eigenvalue weighted by Crippen LogP contribution is 2.61. The molecule has 1 amide bonds. The van der Waals surface area contributed by atoms with Gasteiger partial charge in [0.05, 0.1) is 29.1 Å². The number of carbonyl (C=O) groups excluding carboxylic acids is 1. The molecule has 0 aliphatic heterocycles. The van der Waals surface area contributed by atoms with Crippen molar-refractivity contribution in [1.29, 1.82) is 0 Å². The van der Waals surface area contributed by atoms with E-state index in [0.717, 1.165) is 19.3 Å². The second kappa shape index (κ2) is 6.62. The van der Waals surface area contributed by atoms with E-state index < -0.39 is 17.5 Å². The quantitative estimate of drug-likeness (QED) is 0.490.